The minimum atomic E-state index is -0.0330. The van der Waals surface area contributed by atoms with Crippen molar-refractivity contribution in [2.24, 2.45) is 0 Å². The van der Waals surface area contributed by atoms with Gasteiger partial charge in [0.2, 0.25) is 0 Å². The average molecular weight is 468 g/mol. The molecule has 1 amide bonds. The molecule has 1 aliphatic heterocycles. The summed E-state index contributed by atoms with van der Waals surface area (Å²) in [5.74, 6) is 1.66. The van der Waals surface area contributed by atoms with E-state index in [0.717, 1.165) is 40.2 Å². The highest BCUT2D eigenvalue weighted by Gasteiger charge is 2.24. The van der Waals surface area contributed by atoms with Gasteiger partial charge in [-0.25, -0.2) is 4.98 Å². The van der Waals surface area contributed by atoms with Crippen molar-refractivity contribution in [2.75, 3.05) is 26.7 Å². The molecule has 2 heterocycles. The lowest BCUT2D eigenvalue weighted by Gasteiger charge is -2.28. The third-order valence-corrected chi connectivity index (χ3v) is 7.58. The zero-order valence-corrected chi connectivity index (χ0v) is 20.2. The van der Waals surface area contributed by atoms with E-state index in [4.69, 9.17) is 4.74 Å². The summed E-state index contributed by atoms with van der Waals surface area (Å²) in [5, 5.41) is 6.35. The molecule has 2 aromatic carbocycles. The largest absolute Gasteiger partial charge is 0.497 e. The molecule has 0 saturated carbocycles. The number of amides is 1. The van der Waals surface area contributed by atoms with Crippen LogP contribution in [0.3, 0.4) is 0 Å². The van der Waals surface area contributed by atoms with E-state index in [1.807, 2.05) is 43.3 Å². The Balaban J connectivity index is 1.35. The summed E-state index contributed by atoms with van der Waals surface area (Å²) in [4.78, 5) is 20.9. The number of rotatable bonds is 9. The summed E-state index contributed by atoms with van der Waals surface area (Å²) in [6.07, 6.45) is 2.42. The van der Waals surface area contributed by atoms with Crippen LogP contribution in [0.15, 0.2) is 58.8 Å². The Kier molecular flexibility index (Phi) is 7.84. The van der Waals surface area contributed by atoms with Crippen LogP contribution < -0.4 is 10.1 Å². The number of hydrogen-bond acceptors (Lipinski definition) is 6. The summed E-state index contributed by atoms with van der Waals surface area (Å²) >= 11 is 3.41. The molecule has 1 fully saturated rings. The number of ether oxygens (including phenoxy) is 1. The van der Waals surface area contributed by atoms with Crippen LogP contribution in [-0.4, -0.2) is 42.5 Å². The molecule has 1 aromatic heterocycles. The van der Waals surface area contributed by atoms with Crippen LogP contribution >= 0.6 is 23.1 Å². The number of aryl methyl sites for hydroxylation is 1. The lowest BCUT2D eigenvalue weighted by atomic mass is 10.0. The fourth-order valence-electron chi connectivity index (χ4n) is 3.96. The first kappa shape index (κ1) is 22.8. The quantitative estimate of drug-likeness (QED) is 0.432. The number of methoxy groups -OCH3 is 1. The molecule has 1 unspecified atom stereocenters. The number of hydrogen-bond donors (Lipinski definition) is 1. The zero-order valence-electron chi connectivity index (χ0n) is 18.5. The van der Waals surface area contributed by atoms with Crippen LogP contribution in [0.2, 0.25) is 0 Å². The number of carbonyl (C=O) groups is 1. The summed E-state index contributed by atoms with van der Waals surface area (Å²) in [7, 11) is 1.68. The van der Waals surface area contributed by atoms with Crippen molar-refractivity contribution in [2.45, 2.75) is 36.5 Å². The second-order valence-corrected chi connectivity index (χ2v) is 10.0. The van der Waals surface area contributed by atoms with E-state index in [9.17, 15) is 4.79 Å². The minimum Gasteiger partial charge on any atom is -0.497 e. The van der Waals surface area contributed by atoms with Crippen molar-refractivity contribution < 1.29 is 9.53 Å². The van der Waals surface area contributed by atoms with Gasteiger partial charge < -0.3 is 10.1 Å². The van der Waals surface area contributed by atoms with Gasteiger partial charge in [0.05, 0.1) is 23.9 Å². The fourth-order valence-corrected chi connectivity index (χ4v) is 5.47. The van der Waals surface area contributed by atoms with E-state index in [-0.39, 0.29) is 11.9 Å². The van der Waals surface area contributed by atoms with Gasteiger partial charge in [-0.15, -0.1) is 23.1 Å². The number of thiazole rings is 1. The van der Waals surface area contributed by atoms with Gasteiger partial charge in [0, 0.05) is 28.1 Å². The van der Waals surface area contributed by atoms with Crippen LogP contribution in [0, 0.1) is 6.92 Å². The number of likely N-dealkylation sites (tertiary alicyclic amines) is 1. The number of aromatic nitrogens is 1. The van der Waals surface area contributed by atoms with E-state index in [1.54, 1.807) is 30.2 Å². The number of benzene rings is 2. The van der Waals surface area contributed by atoms with Gasteiger partial charge in [-0.05, 0) is 74.8 Å². The van der Waals surface area contributed by atoms with Gasteiger partial charge >= 0.3 is 0 Å². The molecule has 0 radical (unpaired) electrons. The van der Waals surface area contributed by atoms with Crippen molar-refractivity contribution in [3.05, 3.63) is 75.7 Å². The second-order valence-electron chi connectivity index (χ2n) is 7.91. The molecular formula is C25H29N3O2S2. The first-order valence-corrected chi connectivity index (χ1v) is 12.8. The third kappa shape index (κ3) is 5.91. The Morgan fingerprint density at radius 3 is 2.50 bits per heavy atom. The van der Waals surface area contributed by atoms with E-state index >= 15 is 0 Å². The molecular weight excluding hydrogens is 438 g/mol. The molecule has 5 nitrogen and oxygen atoms in total. The highest BCUT2D eigenvalue weighted by molar-refractivity contribution is 7.98. The predicted octanol–water partition coefficient (Wildman–Crippen LogP) is 5.32. The monoisotopic (exact) mass is 467 g/mol. The molecule has 32 heavy (non-hydrogen) atoms. The maximum absolute atomic E-state index is 12.8. The van der Waals surface area contributed by atoms with Crippen molar-refractivity contribution in [1.82, 2.24) is 15.2 Å². The first-order valence-electron chi connectivity index (χ1n) is 10.9. The topological polar surface area (TPSA) is 54.5 Å². The van der Waals surface area contributed by atoms with Crippen molar-refractivity contribution in [3.63, 3.8) is 0 Å². The molecule has 168 valence electrons. The molecule has 1 N–H and O–H groups in total. The van der Waals surface area contributed by atoms with Crippen LogP contribution in [0.5, 0.6) is 5.75 Å². The van der Waals surface area contributed by atoms with Crippen LogP contribution in [-0.2, 0) is 5.75 Å². The summed E-state index contributed by atoms with van der Waals surface area (Å²) < 4.78 is 5.30. The summed E-state index contributed by atoms with van der Waals surface area (Å²) in [5.41, 5.74) is 3.00. The van der Waals surface area contributed by atoms with Crippen LogP contribution in [0.4, 0.5) is 0 Å². The van der Waals surface area contributed by atoms with E-state index in [1.165, 1.54) is 18.4 Å². The molecule has 1 aliphatic rings. The number of carbonyl (C=O) groups excluding carboxylic acids is 1. The lowest BCUT2D eigenvalue weighted by molar-refractivity contribution is 0.0938. The molecule has 0 spiro atoms. The van der Waals surface area contributed by atoms with Crippen LogP contribution in [0.1, 0.15) is 45.5 Å². The Labute approximate surface area is 198 Å². The predicted molar refractivity (Wildman–Crippen MR) is 132 cm³/mol. The van der Waals surface area contributed by atoms with Gasteiger partial charge in [0.15, 0.2) is 0 Å². The molecule has 0 bridgehead atoms. The smallest absolute Gasteiger partial charge is 0.251 e. The van der Waals surface area contributed by atoms with Crippen molar-refractivity contribution in [1.29, 1.82) is 0 Å². The Hall–Kier alpha value is -2.35. The van der Waals surface area contributed by atoms with Gasteiger partial charge in [-0.1, -0.05) is 12.1 Å². The number of nitrogens with one attached hydrogen (secondary N) is 1. The highest BCUT2D eigenvalue weighted by Crippen LogP contribution is 2.27. The Morgan fingerprint density at radius 2 is 1.88 bits per heavy atom. The third-order valence-electron chi connectivity index (χ3n) is 5.71. The molecule has 3 aromatic rings. The highest BCUT2D eigenvalue weighted by atomic mass is 32.2. The zero-order chi connectivity index (χ0) is 22.3. The van der Waals surface area contributed by atoms with E-state index in [2.05, 4.69) is 32.7 Å². The number of thioether (sulfide) groups is 1. The van der Waals surface area contributed by atoms with Gasteiger partial charge in [0.25, 0.3) is 5.91 Å². The van der Waals surface area contributed by atoms with Crippen molar-refractivity contribution in [3.8, 4) is 5.75 Å². The van der Waals surface area contributed by atoms with Gasteiger partial charge in [-0.3, -0.25) is 9.69 Å². The normalized spacial score (nSPS) is 14.9. The SMILES string of the molecule is COc1ccc(C(CNC(=O)c2ccc(SCc3csc(C)n3)cc2)N2CCCC2)cc1. The Bertz CT molecular complexity index is 1010. The maximum atomic E-state index is 12.8. The molecule has 1 atom stereocenters. The molecule has 1 saturated heterocycles. The van der Waals surface area contributed by atoms with Gasteiger partial charge in [-0.2, -0.15) is 0 Å². The molecule has 7 heteroatoms. The lowest BCUT2D eigenvalue weighted by Crippen LogP contribution is -2.36. The minimum absolute atomic E-state index is 0.0330. The Morgan fingerprint density at radius 1 is 1.16 bits per heavy atom. The van der Waals surface area contributed by atoms with Gasteiger partial charge in [0.1, 0.15) is 5.75 Å². The molecule has 0 aliphatic carbocycles. The standard InChI is InChI=1S/C25H29N3O2S2/c1-18-27-21(16-31-18)17-32-23-11-7-20(8-12-23)25(29)26-15-24(28-13-3-4-14-28)19-5-9-22(30-2)10-6-19/h5-12,16,24H,3-4,13-15,17H2,1-2H3,(H,26,29). The fraction of sp³-hybridized carbons (Fsp3) is 0.360. The van der Waals surface area contributed by atoms with E-state index < -0.39 is 0 Å². The second kappa shape index (κ2) is 11.0. The van der Waals surface area contributed by atoms with Crippen LogP contribution in [0.25, 0.3) is 0 Å². The number of nitrogens with zero attached hydrogens (tertiary/aromatic N) is 2. The van der Waals surface area contributed by atoms with Crippen molar-refractivity contribution >= 4 is 29.0 Å². The average Bonchev–Trinajstić information content (AvgIpc) is 3.50. The summed E-state index contributed by atoms with van der Waals surface area (Å²) in [6, 6.07) is 16.2. The summed E-state index contributed by atoms with van der Waals surface area (Å²) in [6.45, 7) is 4.74. The molecule has 4 rings (SSSR count). The first-order chi connectivity index (χ1) is 15.6. The van der Waals surface area contributed by atoms with E-state index in [0.29, 0.717) is 12.1 Å². The maximum Gasteiger partial charge on any atom is 0.251 e.